The molecule has 222 valence electrons. The summed E-state index contributed by atoms with van der Waals surface area (Å²) in [5.74, 6) is -3.39. The average molecular weight is 593 g/mol. The molecule has 0 bridgehead atoms. The van der Waals surface area contributed by atoms with Gasteiger partial charge in [0, 0.05) is 36.9 Å². The van der Waals surface area contributed by atoms with Gasteiger partial charge in [0.05, 0.1) is 26.4 Å². The number of anilines is 1. The summed E-state index contributed by atoms with van der Waals surface area (Å²) < 4.78 is 77.4. The van der Waals surface area contributed by atoms with E-state index in [-0.39, 0.29) is 53.4 Å². The molecule has 0 aliphatic heterocycles. The van der Waals surface area contributed by atoms with E-state index in [9.17, 15) is 18.4 Å². The summed E-state index contributed by atoms with van der Waals surface area (Å²) in [4.78, 5) is 31.2. The molecule has 0 saturated carbocycles. The van der Waals surface area contributed by atoms with Crippen molar-refractivity contribution in [1.29, 1.82) is 0 Å². The molecular weight excluding hydrogens is 568 g/mol. The number of hydrogen-bond donors (Lipinski definition) is 2. The number of aliphatic hydroxyl groups is 1. The number of halogens is 4. The maximum atomic E-state index is 15.3. The van der Waals surface area contributed by atoms with E-state index >= 15 is 8.78 Å². The van der Waals surface area contributed by atoms with Crippen molar-refractivity contribution in [2.75, 3.05) is 32.8 Å². The molecule has 0 atom stereocenters. The predicted molar refractivity (Wildman–Crippen MR) is 141 cm³/mol. The van der Waals surface area contributed by atoms with E-state index in [4.69, 9.17) is 19.3 Å². The van der Waals surface area contributed by atoms with Crippen molar-refractivity contribution in [2.24, 2.45) is 7.05 Å². The van der Waals surface area contributed by atoms with Gasteiger partial charge in [-0.05, 0) is 24.3 Å². The summed E-state index contributed by atoms with van der Waals surface area (Å²) in [6.45, 7) is -3.54. The third-order valence-electron chi connectivity index (χ3n) is 5.89. The number of amides is 1. The lowest BCUT2D eigenvalue weighted by Crippen LogP contribution is -2.24. The van der Waals surface area contributed by atoms with Gasteiger partial charge in [-0.25, -0.2) is 8.78 Å². The largest absolute Gasteiger partial charge is 0.497 e. The second-order valence-electron chi connectivity index (χ2n) is 8.46. The van der Waals surface area contributed by atoms with E-state index in [1.165, 1.54) is 33.4 Å². The van der Waals surface area contributed by atoms with Crippen molar-refractivity contribution >= 4 is 11.6 Å². The maximum absolute atomic E-state index is 15.3. The van der Waals surface area contributed by atoms with Gasteiger partial charge in [-0.15, -0.1) is 0 Å². The number of alkyl halides is 2. The van der Waals surface area contributed by atoms with Crippen molar-refractivity contribution in [3.05, 3.63) is 76.1 Å². The molecule has 2 heterocycles. The van der Waals surface area contributed by atoms with Gasteiger partial charge in [0.2, 0.25) is 5.88 Å². The zero-order valence-electron chi connectivity index (χ0n) is 22.4. The van der Waals surface area contributed by atoms with Crippen LogP contribution in [0.15, 0.2) is 53.3 Å². The minimum atomic E-state index is -3.08. The Bertz CT molecular complexity index is 1630. The van der Waals surface area contributed by atoms with Crippen molar-refractivity contribution in [3.63, 3.8) is 0 Å². The normalized spacial score (nSPS) is 11.0. The minimum Gasteiger partial charge on any atom is -0.497 e. The van der Waals surface area contributed by atoms with Crippen molar-refractivity contribution in [1.82, 2.24) is 14.3 Å². The molecule has 0 aliphatic rings. The molecule has 15 heteroatoms. The van der Waals surface area contributed by atoms with Crippen molar-refractivity contribution in [3.8, 4) is 40.2 Å². The Hall–Kier alpha value is -5.05. The number of benzene rings is 2. The van der Waals surface area contributed by atoms with Crippen LogP contribution in [0.2, 0.25) is 0 Å². The van der Waals surface area contributed by atoms with Gasteiger partial charge in [-0.1, -0.05) is 0 Å². The van der Waals surface area contributed by atoms with Crippen LogP contribution in [0, 0.1) is 11.6 Å². The Morgan fingerprint density at radius 2 is 1.62 bits per heavy atom. The highest BCUT2D eigenvalue weighted by atomic mass is 19.3. The van der Waals surface area contributed by atoms with Gasteiger partial charge in [0.1, 0.15) is 46.9 Å². The number of carbonyl (C=O) groups excluding carboxylic acids is 1. The Kier molecular flexibility index (Phi) is 9.00. The molecule has 0 unspecified atom stereocenters. The maximum Gasteiger partial charge on any atom is 0.387 e. The lowest BCUT2D eigenvalue weighted by Gasteiger charge is -2.14. The molecule has 0 aliphatic carbocycles. The first-order valence-electron chi connectivity index (χ1n) is 12.1. The number of rotatable bonds is 11. The second-order valence-corrected chi connectivity index (χ2v) is 8.46. The smallest absolute Gasteiger partial charge is 0.387 e. The molecule has 4 aromatic rings. The van der Waals surface area contributed by atoms with Crippen LogP contribution in [-0.4, -0.2) is 59.4 Å². The highest BCUT2D eigenvalue weighted by Crippen LogP contribution is 2.34. The number of nitrogens with zero attached hydrogens (tertiary/aromatic N) is 3. The van der Waals surface area contributed by atoms with E-state index < -0.39 is 41.0 Å². The van der Waals surface area contributed by atoms with Crippen LogP contribution in [0.25, 0.3) is 17.1 Å². The number of pyridine rings is 1. The first-order valence-corrected chi connectivity index (χ1v) is 12.1. The standard InChI is InChI=1S/C27H24F4N4O7/c1-34-24(22-18(28)10-16(39-2)11-19(22)29)23(33-25(37)14-4-6-15(7-5-14)42-27(30)31)26(38)35(34)20-12-17(40-3)13-21(32-20)41-9-8-36/h4-7,10-13,27,36H,8-9H2,1-3H3,(H,33,37). The molecule has 0 fully saturated rings. The van der Waals surface area contributed by atoms with Gasteiger partial charge >= 0.3 is 6.61 Å². The number of aliphatic hydroxyl groups excluding tert-OH is 1. The van der Waals surface area contributed by atoms with Crippen LogP contribution < -0.4 is 29.8 Å². The fourth-order valence-electron chi connectivity index (χ4n) is 4.05. The molecular formula is C27H24F4N4O7. The molecule has 2 aromatic carbocycles. The fraction of sp³-hybridized carbons (Fsp3) is 0.222. The summed E-state index contributed by atoms with van der Waals surface area (Å²) >= 11 is 0. The quantitative estimate of drug-likeness (QED) is 0.252. The average Bonchev–Trinajstić information content (AvgIpc) is 3.19. The van der Waals surface area contributed by atoms with Gasteiger partial charge in [-0.2, -0.15) is 18.4 Å². The number of methoxy groups -OCH3 is 2. The van der Waals surface area contributed by atoms with E-state index in [1.807, 2.05) is 0 Å². The highest BCUT2D eigenvalue weighted by molar-refractivity contribution is 6.06. The third-order valence-corrected chi connectivity index (χ3v) is 5.89. The topological polar surface area (TPSA) is 126 Å². The summed E-state index contributed by atoms with van der Waals surface area (Å²) in [6, 6.07) is 9.08. The zero-order chi connectivity index (χ0) is 30.6. The van der Waals surface area contributed by atoms with Crippen LogP contribution in [0.4, 0.5) is 23.2 Å². The molecule has 0 saturated heterocycles. The molecule has 1 amide bonds. The Labute approximate surface area is 235 Å². The summed E-state index contributed by atoms with van der Waals surface area (Å²) in [6.07, 6.45) is 0. The first kappa shape index (κ1) is 29.9. The highest BCUT2D eigenvalue weighted by Gasteiger charge is 2.28. The predicted octanol–water partition coefficient (Wildman–Crippen LogP) is 3.76. The van der Waals surface area contributed by atoms with Crippen LogP contribution in [0.5, 0.6) is 23.1 Å². The van der Waals surface area contributed by atoms with Crippen molar-refractivity contribution < 1.29 is 46.4 Å². The van der Waals surface area contributed by atoms with Gasteiger partial charge in [-0.3, -0.25) is 14.3 Å². The van der Waals surface area contributed by atoms with Crippen LogP contribution >= 0.6 is 0 Å². The molecule has 2 aromatic heterocycles. The summed E-state index contributed by atoms with van der Waals surface area (Å²) in [5, 5.41) is 11.5. The van der Waals surface area contributed by atoms with E-state index in [2.05, 4.69) is 15.0 Å². The van der Waals surface area contributed by atoms with E-state index in [0.717, 1.165) is 45.8 Å². The SMILES string of the molecule is COc1cc(OCCO)nc(-n2c(=O)c(NC(=O)c3ccc(OC(F)F)cc3)c(-c3c(F)cc(OC)cc3F)n2C)c1. The van der Waals surface area contributed by atoms with E-state index in [1.54, 1.807) is 0 Å². The summed E-state index contributed by atoms with van der Waals surface area (Å²) in [5.41, 5.74) is -2.58. The Balaban J connectivity index is 1.90. The Morgan fingerprint density at radius 1 is 1.00 bits per heavy atom. The van der Waals surface area contributed by atoms with Gasteiger partial charge in [0.25, 0.3) is 11.5 Å². The molecule has 0 radical (unpaired) electrons. The number of nitrogens with one attached hydrogen (secondary N) is 1. The number of ether oxygens (including phenoxy) is 4. The van der Waals surface area contributed by atoms with E-state index in [0.29, 0.717) is 0 Å². The van der Waals surface area contributed by atoms with Crippen LogP contribution in [0.1, 0.15) is 10.4 Å². The van der Waals surface area contributed by atoms with Crippen LogP contribution in [-0.2, 0) is 7.05 Å². The fourth-order valence-corrected chi connectivity index (χ4v) is 4.05. The van der Waals surface area contributed by atoms with Crippen LogP contribution in [0.3, 0.4) is 0 Å². The number of carbonyl (C=O) groups is 1. The first-order chi connectivity index (χ1) is 20.1. The Morgan fingerprint density at radius 3 is 2.19 bits per heavy atom. The monoisotopic (exact) mass is 592 g/mol. The summed E-state index contributed by atoms with van der Waals surface area (Å²) in [7, 11) is 3.87. The van der Waals surface area contributed by atoms with Gasteiger partial charge in [0.15, 0.2) is 5.82 Å². The molecule has 42 heavy (non-hydrogen) atoms. The second kappa shape index (κ2) is 12.6. The van der Waals surface area contributed by atoms with Gasteiger partial charge < -0.3 is 29.4 Å². The third kappa shape index (κ3) is 6.15. The lowest BCUT2D eigenvalue weighted by molar-refractivity contribution is -0.0498. The molecule has 0 spiro atoms. The lowest BCUT2D eigenvalue weighted by atomic mass is 10.1. The van der Waals surface area contributed by atoms with Crippen molar-refractivity contribution in [2.45, 2.75) is 6.61 Å². The zero-order valence-corrected chi connectivity index (χ0v) is 22.4. The molecule has 4 rings (SSSR count). The number of hydrogen-bond acceptors (Lipinski definition) is 8. The minimum absolute atomic E-state index is 0.0356. The molecule has 11 nitrogen and oxygen atoms in total. The molecule has 2 N–H and O–H groups in total. The number of aromatic nitrogens is 3.